The molecule has 0 atom stereocenters. The Hall–Kier alpha value is -2.42. The van der Waals surface area contributed by atoms with Crippen LogP contribution in [0.15, 0.2) is 40.8 Å². The number of anilines is 1. The molecule has 1 aromatic carbocycles. The van der Waals surface area contributed by atoms with Crippen molar-refractivity contribution in [3.8, 4) is 0 Å². The van der Waals surface area contributed by atoms with Crippen molar-refractivity contribution in [1.29, 1.82) is 0 Å². The number of nitrogens with two attached hydrogens (primary N) is 1. The first-order valence-corrected chi connectivity index (χ1v) is 10.7. The highest BCUT2D eigenvalue weighted by Gasteiger charge is 2.46. The third-order valence-electron chi connectivity index (χ3n) is 5.00. The maximum Gasteiger partial charge on any atom is 0.332 e. The number of carbonyl (C=O) groups excluding carboxylic acids is 3. The highest BCUT2D eigenvalue weighted by molar-refractivity contribution is 9.12. The Labute approximate surface area is 197 Å². The summed E-state index contributed by atoms with van der Waals surface area (Å²) in [5.74, 6) is -1.05. The predicted octanol–water partition coefficient (Wildman–Crippen LogP) is 4.40. The number of nitrogen functional groups attached to an aromatic ring is 1. The van der Waals surface area contributed by atoms with Crippen LogP contribution in [0.5, 0.6) is 0 Å². The second kappa shape index (κ2) is 8.98. The van der Waals surface area contributed by atoms with Crippen LogP contribution in [0.25, 0.3) is 0 Å². The second-order valence-electron chi connectivity index (χ2n) is 7.40. The van der Waals surface area contributed by atoms with Crippen LogP contribution in [0.2, 0.25) is 10.0 Å². The number of Topliss-reactive ketones (excluding diaryl/α,β-unsaturated/α-hetero) is 1. The lowest BCUT2D eigenvalue weighted by Crippen LogP contribution is -2.44. The molecule has 31 heavy (non-hydrogen) atoms. The van der Waals surface area contributed by atoms with Crippen molar-refractivity contribution in [3.63, 3.8) is 0 Å². The van der Waals surface area contributed by atoms with E-state index in [9.17, 15) is 14.4 Å². The predicted molar refractivity (Wildman–Crippen MR) is 121 cm³/mol. The summed E-state index contributed by atoms with van der Waals surface area (Å²) in [6, 6.07) is 4.94. The van der Waals surface area contributed by atoms with Gasteiger partial charge in [-0.15, -0.1) is 0 Å². The molecule has 3 N–H and O–H groups in total. The summed E-state index contributed by atoms with van der Waals surface area (Å²) in [5.41, 5.74) is 9.66. The molecule has 1 aliphatic rings. The minimum atomic E-state index is -0.742. The summed E-state index contributed by atoms with van der Waals surface area (Å²) in [6.45, 7) is 3.45. The number of carbonyl (C=O) groups is 3. The molecule has 162 valence electrons. The zero-order valence-corrected chi connectivity index (χ0v) is 19.7. The van der Waals surface area contributed by atoms with Gasteiger partial charge in [-0.3, -0.25) is 14.6 Å². The van der Waals surface area contributed by atoms with Gasteiger partial charge in [-0.2, -0.15) is 0 Å². The molecule has 0 spiro atoms. The maximum atomic E-state index is 12.9. The van der Waals surface area contributed by atoms with Gasteiger partial charge in [0, 0.05) is 23.6 Å². The van der Waals surface area contributed by atoms with Crippen LogP contribution in [0.4, 0.5) is 5.69 Å². The van der Waals surface area contributed by atoms with Crippen molar-refractivity contribution < 1.29 is 19.2 Å². The van der Waals surface area contributed by atoms with Crippen LogP contribution in [0.1, 0.15) is 41.8 Å². The number of hydrogen-bond acceptors (Lipinski definition) is 7. The van der Waals surface area contributed by atoms with Crippen molar-refractivity contribution in [3.05, 3.63) is 67.5 Å². The first-order valence-electron chi connectivity index (χ1n) is 9.17. The smallest absolute Gasteiger partial charge is 0.332 e. The van der Waals surface area contributed by atoms with E-state index in [1.165, 1.54) is 12.4 Å². The van der Waals surface area contributed by atoms with Crippen molar-refractivity contribution in [2.24, 2.45) is 5.41 Å². The van der Waals surface area contributed by atoms with Gasteiger partial charge in [0.1, 0.15) is 0 Å². The minimum Gasteiger partial charge on any atom is -0.398 e. The largest absolute Gasteiger partial charge is 0.398 e. The normalized spacial score (nSPS) is 14.8. The van der Waals surface area contributed by atoms with E-state index in [-0.39, 0.29) is 45.5 Å². The van der Waals surface area contributed by atoms with Crippen molar-refractivity contribution in [2.45, 2.75) is 26.7 Å². The number of nitrogens with one attached hydrogen (secondary N) is 1. The molecule has 0 saturated carbocycles. The number of para-hydroxylation sites is 1. The fourth-order valence-corrected chi connectivity index (χ4v) is 4.68. The number of hydrogen-bond donors (Lipinski definition) is 2. The van der Waals surface area contributed by atoms with E-state index in [0.717, 1.165) is 0 Å². The van der Waals surface area contributed by atoms with E-state index in [1.807, 2.05) is 0 Å². The van der Waals surface area contributed by atoms with Gasteiger partial charge < -0.3 is 10.6 Å². The van der Waals surface area contributed by atoms with E-state index in [0.29, 0.717) is 15.7 Å². The highest BCUT2D eigenvalue weighted by Crippen LogP contribution is 2.43. The molecule has 2 aromatic rings. The number of aromatic nitrogens is 1. The summed E-state index contributed by atoms with van der Waals surface area (Å²) in [6.07, 6.45) is 2.90. The monoisotopic (exact) mass is 525 g/mol. The van der Waals surface area contributed by atoms with Gasteiger partial charge in [0.25, 0.3) is 0 Å². The molecular formula is C21H18BrCl2N3O4. The number of ketones is 2. The number of nitrogens with zero attached hydrogens (tertiary/aromatic N) is 1. The standard InChI is InChI=1S/C21H18BrCl2N3O4/c1-21(2)19(16(22)20(21)30)27-31-14(28)7-6-10-4-3-5-11(17(10)25)18(29)15-12(23)8-26-9-13(15)24/h3-5,8-9,27H,6-7,25H2,1-2H3. The molecule has 0 bridgehead atoms. The Morgan fingerprint density at radius 2 is 1.87 bits per heavy atom. The molecular weight excluding hydrogens is 509 g/mol. The second-order valence-corrected chi connectivity index (χ2v) is 9.01. The number of hydroxylamine groups is 1. The molecule has 0 fully saturated rings. The Morgan fingerprint density at radius 3 is 2.48 bits per heavy atom. The molecule has 0 amide bonds. The van der Waals surface area contributed by atoms with E-state index < -0.39 is 17.2 Å². The summed E-state index contributed by atoms with van der Waals surface area (Å²) < 4.78 is 0.356. The summed E-state index contributed by atoms with van der Waals surface area (Å²) in [5, 5.41) is 0.240. The number of pyridine rings is 1. The summed E-state index contributed by atoms with van der Waals surface area (Å²) in [7, 11) is 0. The Morgan fingerprint density at radius 1 is 1.23 bits per heavy atom. The Bertz CT molecular complexity index is 1110. The lowest BCUT2D eigenvalue weighted by atomic mass is 9.75. The summed E-state index contributed by atoms with van der Waals surface area (Å²) >= 11 is 15.3. The first-order chi connectivity index (χ1) is 14.6. The molecule has 7 nitrogen and oxygen atoms in total. The lowest BCUT2D eigenvalue weighted by Gasteiger charge is -2.35. The first kappa shape index (κ1) is 23.2. The van der Waals surface area contributed by atoms with Crippen LogP contribution in [-0.2, 0) is 20.8 Å². The quantitative estimate of drug-likeness (QED) is 0.312. The average molecular weight is 527 g/mol. The minimum absolute atomic E-state index is 0.00485. The van der Waals surface area contributed by atoms with Gasteiger partial charge in [0.2, 0.25) is 0 Å². The SMILES string of the molecule is CC1(C)C(=O)C(Br)=C1NOC(=O)CCc1cccc(C(=O)c2c(Cl)cncc2Cl)c1N. The number of aryl methyl sites for hydroxylation is 1. The maximum absolute atomic E-state index is 12.9. The molecule has 0 radical (unpaired) electrons. The van der Waals surface area contributed by atoms with Crippen LogP contribution in [0, 0.1) is 5.41 Å². The molecule has 1 aromatic heterocycles. The number of allylic oxidation sites excluding steroid dienone is 2. The van der Waals surface area contributed by atoms with Crippen LogP contribution in [0.3, 0.4) is 0 Å². The number of halogens is 3. The van der Waals surface area contributed by atoms with Gasteiger partial charge in [-0.1, -0.05) is 35.3 Å². The van der Waals surface area contributed by atoms with Gasteiger partial charge in [0.05, 0.1) is 37.6 Å². The molecule has 0 saturated heterocycles. The van der Waals surface area contributed by atoms with E-state index in [4.69, 9.17) is 33.8 Å². The van der Waals surface area contributed by atoms with Gasteiger partial charge in [-0.25, -0.2) is 10.3 Å². The van der Waals surface area contributed by atoms with E-state index in [1.54, 1.807) is 32.0 Å². The highest BCUT2D eigenvalue weighted by atomic mass is 79.9. The zero-order chi connectivity index (χ0) is 22.9. The fourth-order valence-electron chi connectivity index (χ4n) is 3.07. The van der Waals surface area contributed by atoms with Gasteiger partial charge in [0.15, 0.2) is 11.6 Å². The topological polar surface area (TPSA) is 111 Å². The molecule has 1 heterocycles. The Kier molecular flexibility index (Phi) is 6.73. The molecule has 0 aliphatic heterocycles. The number of rotatable bonds is 7. The summed E-state index contributed by atoms with van der Waals surface area (Å²) in [4.78, 5) is 45.7. The molecule has 0 unspecified atom stereocenters. The van der Waals surface area contributed by atoms with Crippen molar-refractivity contribution >= 4 is 62.4 Å². The lowest BCUT2D eigenvalue weighted by molar-refractivity contribution is -0.151. The van der Waals surface area contributed by atoms with Crippen LogP contribution in [-0.4, -0.2) is 22.5 Å². The van der Waals surface area contributed by atoms with Crippen LogP contribution < -0.4 is 11.2 Å². The third kappa shape index (κ3) is 4.46. The zero-order valence-electron chi connectivity index (χ0n) is 16.6. The van der Waals surface area contributed by atoms with Gasteiger partial charge in [-0.05, 0) is 47.8 Å². The average Bonchev–Trinajstić information content (AvgIpc) is 2.72. The third-order valence-corrected chi connectivity index (χ3v) is 6.33. The number of benzene rings is 1. The van der Waals surface area contributed by atoms with Gasteiger partial charge >= 0.3 is 5.97 Å². The van der Waals surface area contributed by atoms with E-state index >= 15 is 0 Å². The Balaban J connectivity index is 1.68. The fraction of sp³-hybridized carbons (Fsp3) is 0.238. The van der Waals surface area contributed by atoms with Crippen molar-refractivity contribution in [1.82, 2.24) is 10.5 Å². The van der Waals surface area contributed by atoms with Crippen LogP contribution >= 0.6 is 39.1 Å². The van der Waals surface area contributed by atoms with E-state index in [2.05, 4.69) is 26.4 Å². The van der Waals surface area contributed by atoms with Crippen molar-refractivity contribution in [2.75, 3.05) is 5.73 Å². The molecule has 10 heteroatoms. The molecule has 1 aliphatic carbocycles. The molecule has 3 rings (SSSR count).